The molecule has 2 fully saturated rings. The molecule has 2 aliphatic heterocycles. The summed E-state index contributed by atoms with van der Waals surface area (Å²) in [6.07, 6.45) is 1.63. The number of para-hydroxylation sites is 1. The molecule has 0 unspecified atom stereocenters. The van der Waals surface area contributed by atoms with Crippen molar-refractivity contribution in [3.05, 3.63) is 48.4 Å². The molecule has 0 atom stereocenters. The third-order valence-electron chi connectivity index (χ3n) is 5.92. The van der Waals surface area contributed by atoms with E-state index in [0.717, 1.165) is 30.1 Å². The Morgan fingerprint density at radius 3 is 2.25 bits per heavy atom. The molecule has 0 N–H and O–H groups in total. The van der Waals surface area contributed by atoms with E-state index in [0.29, 0.717) is 50.7 Å². The smallest absolute Gasteiger partial charge is 0.245 e. The summed E-state index contributed by atoms with van der Waals surface area (Å²) in [4.78, 5) is 18.1. The number of hydrogen-bond donors (Lipinski definition) is 0. The van der Waals surface area contributed by atoms with Crippen LogP contribution in [-0.2, 0) is 14.8 Å². The molecule has 3 aromatic rings. The first-order valence-electron chi connectivity index (χ1n) is 10.8. The van der Waals surface area contributed by atoms with Gasteiger partial charge in [-0.2, -0.15) is 4.31 Å². The van der Waals surface area contributed by atoms with Crippen molar-refractivity contribution in [1.82, 2.24) is 19.3 Å². The lowest BCUT2D eigenvalue weighted by Gasteiger charge is -2.35. The number of aromatic nitrogens is 3. The Bertz CT molecular complexity index is 1220. The first kappa shape index (κ1) is 21.0. The second-order valence-electron chi connectivity index (χ2n) is 7.95. The molecule has 4 heterocycles. The Labute approximate surface area is 187 Å². The van der Waals surface area contributed by atoms with E-state index in [2.05, 4.69) is 24.8 Å². The quantitative estimate of drug-likeness (QED) is 0.588. The highest BCUT2D eigenvalue weighted by molar-refractivity contribution is 7.89. The number of rotatable bonds is 4. The Balaban J connectivity index is 1.34. The van der Waals surface area contributed by atoms with Crippen molar-refractivity contribution < 1.29 is 13.2 Å². The van der Waals surface area contributed by atoms with E-state index in [4.69, 9.17) is 4.74 Å². The maximum Gasteiger partial charge on any atom is 0.245 e. The van der Waals surface area contributed by atoms with Crippen molar-refractivity contribution in [1.29, 1.82) is 0 Å². The van der Waals surface area contributed by atoms with Gasteiger partial charge in [-0.3, -0.25) is 4.98 Å². The molecule has 0 radical (unpaired) electrons. The van der Waals surface area contributed by atoms with Gasteiger partial charge in [-0.15, -0.1) is 0 Å². The maximum atomic E-state index is 13.4. The third-order valence-corrected chi connectivity index (χ3v) is 7.85. The fraction of sp³-hybridized carbons (Fsp3) is 0.409. The summed E-state index contributed by atoms with van der Waals surface area (Å²) in [5, 5.41) is 0.819. The van der Waals surface area contributed by atoms with Crippen molar-refractivity contribution in [2.75, 3.05) is 62.3 Å². The zero-order valence-corrected chi connectivity index (χ0v) is 18.8. The van der Waals surface area contributed by atoms with E-state index in [1.807, 2.05) is 31.2 Å². The molecule has 0 amide bonds. The minimum Gasteiger partial charge on any atom is -0.378 e. The van der Waals surface area contributed by atoms with E-state index < -0.39 is 10.0 Å². The van der Waals surface area contributed by atoms with Crippen molar-refractivity contribution in [3.8, 4) is 0 Å². The summed E-state index contributed by atoms with van der Waals surface area (Å²) in [6.45, 7) is 6.80. The standard InChI is InChI=1S/C22H26N6O3S/c1-17-24-20(16-21(25-17)27-12-14-31-15-13-27)26-8-10-28(11-9-26)32(29,30)19-6-2-4-18-5-3-7-23-22(18)19/h2-7,16H,8-15H2,1H3. The molecule has 2 aliphatic rings. The molecular formula is C22H26N6O3S. The third kappa shape index (κ3) is 4.01. The van der Waals surface area contributed by atoms with Crippen LogP contribution < -0.4 is 9.80 Å². The molecule has 0 aliphatic carbocycles. The summed E-state index contributed by atoms with van der Waals surface area (Å²) >= 11 is 0. The second-order valence-corrected chi connectivity index (χ2v) is 9.86. The number of sulfonamides is 1. The van der Waals surface area contributed by atoms with Crippen LogP contribution in [0.25, 0.3) is 10.9 Å². The van der Waals surface area contributed by atoms with Gasteiger partial charge < -0.3 is 14.5 Å². The van der Waals surface area contributed by atoms with Crippen LogP contribution in [-0.4, -0.2) is 80.2 Å². The monoisotopic (exact) mass is 454 g/mol. The van der Waals surface area contributed by atoms with Crippen LogP contribution in [0.3, 0.4) is 0 Å². The van der Waals surface area contributed by atoms with Crippen LogP contribution >= 0.6 is 0 Å². The van der Waals surface area contributed by atoms with Crippen LogP contribution in [0.4, 0.5) is 11.6 Å². The van der Waals surface area contributed by atoms with Crippen molar-refractivity contribution >= 4 is 32.6 Å². The minimum absolute atomic E-state index is 0.261. The number of morpholine rings is 1. The number of ether oxygens (including phenoxy) is 1. The van der Waals surface area contributed by atoms with Crippen LogP contribution in [0.5, 0.6) is 0 Å². The summed E-state index contributed by atoms with van der Waals surface area (Å²) in [5.41, 5.74) is 0.513. The number of piperazine rings is 1. The van der Waals surface area contributed by atoms with Crippen LogP contribution in [0.1, 0.15) is 5.82 Å². The van der Waals surface area contributed by atoms with Crippen molar-refractivity contribution in [2.24, 2.45) is 0 Å². The molecule has 1 aromatic carbocycles. The first-order valence-corrected chi connectivity index (χ1v) is 12.2. The zero-order valence-electron chi connectivity index (χ0n) is 18.0. The topological polar surface area (TPSA) is 91.8 Å². The highest BCUT2D eigenvalue weighted by atomic mass is 32.2. The van der Waals surface area contributed by atoms with Gasteiger partial charge in [0.25, 0.3) is 0 Å². The van der Waals surface area contributed by atoms with Crippen LogP contribution in [0.2, 0.25) is 0 Å². The average Bonchev–Trinajstić information content (AvgIpc) is 2.84. The lowest BCUT2D eigenvalue weighted by atomic mass is 10.2. The normalized spacial score (nSPS) is 18.3. The van der Waals surface area contributed by atoms with Gasteiger partial charge in [0.15, 0.2) is 0 Å². The number of benzene rings is 1. The lowest BCUT2D eigenvalue weighted by Crippen LogP contribution is -2.49. The lowest BCUT2D eigenvalue weighted by molar-refractivity contribution is 0.122. The largest absolute Gasteiger partial charge is 0.378 e. The fourth-order valence-electron chi connectivity index (χ4n) is 4.23. The zero-order chi connectivity index (χ0) is 22.1. The number of pyridine rings is 1. The molecule has 32 heavy (non-hydrogen) atoms. The number of fused-ring (bicyclic) bond motifs is 1. The molecule has 0 spiro atoms. The van der Waals surface area contributed by atoms with Gasteiger partial charge in [-0.25, -0.2) is 18.4 Å². The summed E-state index contributed by atoms with van der Waals surface area (Å²) in [5.74, 6) is 2.44. The Morgan fingerprint density at radius 2 is 1.53 bits per heavy atom. The van der Waals surface area contributed by atoms with E-state index in [1.54, 1.807) is 22.6 Å². The molecule has 10 heteroatoms. The summed E-state index contributed by atoms with van der Waals surface area (Å²) in [6, 6.07) is 11.0. The first-order chi connectivity index (χ1) is 15.5. The highest BCUT2D eigenvalue weighted by Crippen LogP contribution is 2.26. The van der Waals surface area contributed by atoms with Gasteiger partial charge in [-0.1, -0.05) is 18.2 Å². The predicted octanol–water partition coefficient (Wildman–Crippen LogP) is 1.68. The number of anilines is 2. The fourth-order valence-corrected chi connectivity index (χ4v) is 5.82. The molecule has 168 valence electrons. The summed E-state index contributed by atoms with van der Waals surface area (Å²) in [7, 11) is -3.64. The van der Waals surface area contributed by atoms with E-state index in [9.17, 15) is 8.42 Å². The minimum atomic E-state index is -3.64. The second kappa shape index (κ2) is 8.61. The molecule has 0 saturated carbocycles. The van der Waals surface area contributed by atoms with Gasteiger partial charge in [-0.05, 0) is 19.1 Å². The van der Waals surface area contributed by atoms with Crippen molar-refractivity contribution in [2.45, 2.75) is 11.8 Å². The molecule has 5 rings (SSSR count). The van der Waals surface area contributed by atoms with E-state index in [1.165, 1.54) is 0 Å². The Hall–Kier alpha value is -2.82. The number of nitrogens with zero attached hydrogens (tertiary/aromatic N) is 6. The maximum absolute atomic E-state index is 13.4. The van der Waals surface area contributed by atoms with Gasteiger partial charge in [0.1, 0.15) is 22.4 Å². The predicted molar refractivity (Wildman–Crippen MR) is 123 cm³/mol. The van der Waals surface area contributed by atoms with Crippen LogP contribution in [0.15, 0.2) is 47.5 Å². The van der Waals surface area contributed by atoms with Crippen LogP contribution in [0, 0.1) is 6.92 Å². The van der Waals surface area contributed by atoms with Crippen molar-refractivity contribution in [3.63, 3.8) is 0 Å². The number of aryl methyl sites for hydroxylation is 1. The highest BCUT2D eigenvalue weighted by Gasteiger charge is 2.31. The van der Waals surface area contributed by atoms with Gasteiger partial charge in [0.05, 0.1) is 18.7 Å². The average molecular weight is 455 g/mol. The van der Waals surface area contributed by atoms with Gasteiger partial charge in [0, 0.05) is 56.9 Å². The number of hydrogen-bond acceptors (Lipinski definition) is 8. The molecule has 9 nitrogen and oxygen atoms in total. The SMILES string of the molecule is Cc1nc(N2CCOCC2)cc(N2CCN(S(=O)(=O)c3cccc4cccnc34)CC2)n1. The summed E-state index contributed by atoms with van der Waals surface area (Å²) < 4.78 is 33.8. The molecule has 2 aromatic heterocycles. The van der Waals surface area contributed by atoms with Gasteiger partial charge >= 0.3 is 0 Å². The van der Waals surface area contributed by atoms with E-state index >= 15 is 0 Å². The Kier molecular flexibility index (Phi) is 5.66. The Morgan fingerprint density at radius 1 is 0.875 bits per heavy atom. The molecular weight excluding hydrogens is 428 g/mol. The molecule has 0 bridgehead atoms. The van der Waals surface area contributed by atoms with Gasteiger partial charge in [0.2, 0.25) is 10.0 Å². The van der Waals surface area contributed by atoms with E-state index in [-0.39, 0.29) is 4.90 Å². The molecule has 2 saturated heterocycles.